The van der Waals surface area contributed by atoms with Gasteiger partial charge in [-0.25, -0.2) is 0 Å². The SMILES string of the molecule is CCNC(Cc1ccsc1)C(C)CCOC. The Bertz CT molecular complexity index is 261. The molecule has 0 aliphatic carbocycles. The van der Waals surface area contributed by atoms with Crippen molar-refractivity contribution < 1.29 is 4.74 Å². The fraction of sp³-hybridized carbons (Fsp3) is 0.692. The minimum absolute atomic E-state index is 0.565. The number of likely N-dealkylation sites (N-methyl/N-ethyl adjacent to an activating group) is 1. The van der Waals surface area contributed by atoms with Crippen LogP contribution in [-0.4, -0.2) is 26.3 Å². The van der Waals surface area contributed by atoms with E-state index >= 15 is 0 Å². The van der Waals surface area contributed by atoms with E-state index < -0.39 is 0 Å². The molecule has 0 saturated heterocycles. The lowest BCUT2D eigenvalue weighted by Crippen LogP contribution is -2.37. The molecule has 1 heterocycles. The summed E-state index contributed by atoms with van der Waals surface area (Å²) in [5.41, 5.74) is 1.44. The molecule has 1 aromatic heterocycles. The highest BCUT2D eigenvalue weighted by molar-refractivity contribution is 7.07. The molecular formula is C13H23NOS. The van der Waals surface area contributed by atoms with Crippen LogP contribution in [0, 0.1) is 5.92 Å². The largest absolute Gasteiger partial charge is 0.385 e. The highest BCUT2D eigenvalue weighted by Gasteiger charge is 2.16. The van der Waals surface area contributed by atoms with Crippen molar-refractivity contribution in [1.82, 2.24) is 5.32 Å². The summed E-state index contributed by atoms with van der Waals surface area (Å²) in [6, 6.07) is 2.78. The summed E-state index contributed by atoms with van der Waals surface area (Å²) < 4.78 is 5.15. The fourth-order valence-corrected chi connectivity index (χ4v) is 2.59. The van der Waals surface area contributed by atoms with Gasteiger partial charge in [-0.3, -0.25) is 0 Å². The van der Waals surface area contributed by atoms with Crippen LogP contribution in [-0.2, 0) is 11.2 Å². The van der Waals surface area contributed by atoms with Gasteiger partial charge in [0, 0.05) is 19.8 Å². The first kappa shape index (κ1) is 13.7. The standard InChI is InChI=1S/C13H23NOS/c1-4-14-13(11(2)5-7-15-3)9-12-6-8-16-10-12/h6,8,10-11,13-14H,4-5,7,9H2,1-3H3. The van der Waals surface area contributed by atoms with Crippen LogP contribution < -0.4 is 5.32 Å². The van der Waals surface area contributed by atoms with Gasteiger partial charge in [-0.1, -0.05) is 13.8 Å². The number of rotatable bonds is 8. The molecule has 0 aromatic carbocycles. The summed E-state index contributed by atoms with van der Waals surface area (Å²) in [6.45, 7) is 6.36. The fourth-order valence-electron chi connectivity index (χ4n) is 1.90. The predicted molar refractivity (Wildman–Crippen MR) is 71.1 cm³/mol. The Morgan fingerprint density at radius 1 is 1.50 bits per heavy atom. The van der Waals surface area contributed by atoms with Gasteiger partial charge in [-0.2, -0.15) is 11.3 Å². The number of hydrogen-bond donors (Lipinski definition) is 1. The van der Waals surface area contributed by atoms with E-state index in [0.717, 1.165) is 26.0 Å². The van der Waals surface area contributed by atoms with Gasteiger partial charge in [-0.15, -0.1) is 0 Å². The van der Waals surface area contributed by atoms with Crippen molar-refractivity contribution in [3.05, 3.63) is 22.4 Å². The Morgan fingerprint density at radius 3 is 2.88 bits per heavy atom. The Balaban J connectivity index is 2.45. The molecule has 1 N–H and O–H groups in total. The molecule has 0 spiro atoms. The Kier molecular flexibility index (Phi) is 6.69. The molecule has 0 bridgehead atoms. The van der Waals surface area contributed by atoms with E-state index in [4.69, 9.17) is 4.74 Å². The summed E-state index contributed by atoms with van der Waals surface area (Å²) in [5, 5.41) is 7.97. The van der Waals surface area contributed by atoms with E-state index in [1.807, 2.05) is 0 Å². The van der Waals surface area contributed by atoms with Crippen molar-refractivity contribution in [3.63, 3.8) is 0 Å². The molecule has 2 nitrogen and oxygen atoms in total. The average molecular weight is 241 g/mol. The van der Waals surface area contributed by atoms with Crippen LogP contribution in [0.5, 0.6) is 0 Å². The number of thiophene rings is 1. The smallest absolute Gasteiger partial charge is 0.0465 e. The van der Waals surface area contributed by atoms with Gasteiger partial charge >= 0.3 is 0 Å². The molecule has 2 atom stereocenters. The summed E-state index contributed by atoms with van der Waals surface area (Å²) in [6.07, 6.45) is 2.25. The van der Waals surface area contributed by atoms with E-state index in [1.54, 1.807) is 18.4 Å². The number of ether oxygens (including phenoxy) is 1. The van der Waals surface area contributed by atoms with E-state index in [1.165, 1.54) is 5.56 Å². The maximum Gasteiger partial charge on any atom is 0.0465 e. The second kappa shape index (κ2) is 7.82. The lowest BCUT2D eigenvalue weighted by molar-refractivity contribution is 0.170. The van der Waals surface area contributed by atoms with Gasteiger partial charge < -0.3 is 10.1 Å². The van der Waals surface area contributed by atoms with Gasteiger partial charge in [0.2, 0.25) is 0 Å². The molecule has 1 rings (SSSR count). The van der Waals surface area contributed by atoms with Crippen molar-refractivity contribution in [1.29, 1.82) is 0 Å². The molecule has 0 amide bonds. The molecule has 16 heavy (non-hydrogen) atoms. The zero-order valence-electron chi connectivity index (χ0n) is 10.5. The van der Waals surface area contributed by atoms with Crippen molar-refractivity contribution >= 4 is 11.3 Å². The second-order valence-corrected chi connectivity index (χ2v) is 5.04. The maximum atomic E-state index is 5.15. The van der Waals surface area contributed by atoms with Crippen molar-refractivity contribution in [3.8, 4) is 0 Å². The number of methoxy groups -OCH3 is 1. The third kappa shape index (κ3) is 4.64. The monoisotopic (exact) mass is 241 g/mol. The summed E-state index contributed by atoms with van der Waals surface area (Å²) in [4.78, 5) is 0. The van der Waals surface area contributed by atoms with Crippen LogP contribution in [0.1, 0.15) is 25.8 Å². The molecule has 0 aliphatic rings. The van der Waals surface area contributed by atoms with Gasteiger partial charge in [0.05, 0.1) is 0 Å². The minimum atomic E-state index is 0.565. The Hall–Kier alpha value is -0.380. The molecule has 0 radical (unpaired) electrons. The summed E-state index contributed by atoms with van der Waals surface area (Å²) in [7, 11) is 1.77. The van der Waals surface area contributed by atoms with Gasteiger partial charge in [-0.05, 0) is 47.7 Å². The summed E-state index contributed by atoms with van der Waals surface area (Å²) in [5.74, 6) is 0.653. The van der Waals surface area contributed by atoms with E-state index in [9.17, 15) is 0 Å². The van der Waals surface area contributed by atoms with Crippen molar-refractivity contribution in [2.24, 2.45) is 5.92 Å². The quantitative estimate of drug-likeness (QED) is 0.755. The normalized spacial score (nSPS) is 14.9. The van der Waals surface area contributed by atoms with Crippen LogP contribution in [0.3, 0.4) is 0 Å². The van der Waals surface area contributed by atoms with Crippen LogP contribution in [0.2, 0.25) is 0 Å². The second-order valence-electron chi connectivity index (χ2n) is 4.26. The van der Waals surface area contributed by atoms with Crippen molar-refractivity contribution in [2.75, 3.05) is 20.3 Å². The minimum Gasteiger partial charge on any atom is -0.385 e. The predicted octanol–water partition coefficient (Wildman–Crippen LogP) is 2.94. The van der Waals surface area contributed by atoms with Crippen LogP contribution in [0.15, 0.2) is 16.8 Å². The number of hydrogen-bond acceptors (Lipinski definition) is 3. The molecule has 0 saturated carbocycles. The van der Waals surface area contributed by atoms with Crippen molar-refractivity contribution in [2.45, 2.75) is 32.7 Å². The third-order valence-electron chi connectivity index (χ3n) is 2.97. The molecule has 3 heteroatoms. The van der Waals surface area contributed by atoms with Crippen LogP contribution in [0.25, 0.3) is 0 Å². The van der Waals surface area contributed by atoms with E-state index in [0.29, 0.717) is 12.0 Å². The first-order valence-corrected chi connectivity index (χ1v) is 6.95. The van der Waals surface area contributed by atoms with Gasteiger partial charge in [0.15, 0.2) is 0 Å². The first-order chi connectivity index (χ1) is 7.77. The molecule has 0 aliphatic heterocycles. The lowest BCUT2D eigenvalue weighted by Gasteiger charge is -2.24. The summed E-state index contributed by atoms with van der Waals surface area (Å²) >= 11 is 1.78. The molecule has 1 aromatic rings. The molecule has 0 fully saturated rings. The Morgan fingerprint density at radius 2 is 2.31 bits per heavy atom. The lowest BCUT2D eigenvalue weighted by atomic mass is 9.93. The number of nitrogens with one attached hydrogen (secondary N) is 1. The highest BCUT2D eigenvalue weighted by Crippen LogP contribution is 2.16. The zero-order valence-corrected chi connectivity index (χ0v) is 11.3. The first-order valence-electron chi connectivity index (χ1n) is 6.01. The average Bonchev–Trinajstić information content (AvgIpc) is 2.78. The van der Waals surface area contributed by atoms with E-state index in [2.05, 4.69) is 36.0 Å². The molecular weight excluding hydrogens is 218 g/mol. The molecule has 2 unspecified atom stereocenters. The van der Waals surface area contributed by atoms with Crippen LogP contribution in [0.4, 0.5) is 0 Å². The van der Waals surface area contributed by atoms with Gasteiger partial charge in [0.25, 0.3) is 0 Å². The van der Waals surface area contributed by atoms with Crippen LogP contribution >= 0.6 is 11.3 Å². The highest BCUT2D eigenvalue weighted by atomic mass is 32.1. The van der Waals surface area contributed by atoms with E-state index in [-0.39, 0.29) is 0 Å². The Labute approximate surface area is 103 Å². The maximum absolute atomic E-state index is 5.15. The van der Waals surface area contributed by atoms with Gasteiger partial charge in [0.1, 0.15) is 0 Å². The topological polar surface area (TPSA) is 21.3 Å². The zero-order chi connectivity index (χ0) is 11.8. The molecule has 92 valence electrons. The third-order valence-corrected chi connectivity index (χ3v) is 3.70.